The maximum absolute atomic E-state index is 5.90. The van der Waals surface area contributed by atoms with Gasteiger partial charge in [-0.15, -0.1) is 11.3 Å². The number of likely N-dealkylation sites (N-methyl/N-ethyl adjacent to an activating group) is 1. The molecule has 3 aromatic rings. The van der Waals surface area contributed by atoms with Gasteiger partial charge in [-0.25, -0.2) is 9.97 Å². The molecule has 5 heteroatoms. The first kappa shape index (κ1) is 25.8. The maximum atomic E-state index is 5.90. The summed E-state index contributed by atoms with van der Waals surface area (Å²) in [6.07, 6.45) is 6.22. The number of rotatable bonds is 2. The molecule has 1 aliphatic rings. The summed E-state index contributed by atoms with van der Waals surface area (Å²) in [5, 5.41) is 0. The second-order valence-electron chi connectivity index (χ2n) is 6.31. The number of thiophene rings is 1. The summed E-state index contributed by atoms with van der Waals surface area (Å²) in [4.78, 5) is 12.2. The average Bonchev–Trinajstić information content (AvgIpc) is 3.15. The molecular formula is C25H32ClN3S. The van der Waals surface area contributed by atoms with E-state index in [0.29, 0.717) is 0 Å². The molecule has 0 aliphatic carbocycles. The summed E-state index contributed by atoms with van der Waals surface area (Å²) < 4.78 is 0.935. The van der Waals surface area contributed by atoms with Gasteiger partial charge in [-0.1, -0.05) is 81.1 Å². The van der Waals surface area contributed by atoms with E-state index in [9.17, 15) is 0 Å². The van der Waals surface area contributed by atoms with E-state index in [1.54, 1.807) is 29.7 Å². The van der Waals surface area contributed by atoms with Crippen LogP contribution in [-0.2, 0) is 13.0 Å². The van der Waals surface area contributed by atoms with Crippen molar-refractivity contribution in [3.63, 3.8) is 0 Å². The molecule has 2 aromatic heterocycles. The van der Waals surface area contributed by atoms with Crippen LogP contribution in [0.15, 0.2) is 74.0 Å². The van der Waals surface area contributed by atoms with Crippen molar-refractivity contribution in [2.24, 2.45) is 0 Å². The topological polar surface area (TPSA) is 29.0 Å². The van der Waals surface area contributed by atoms with Crippen LogP contribution in [0.25, 0.3) is 11.3 Å². The van der Waals surface area contributed by atoms with E-state index in [2.05, 4.69) is 41.1 Å². The molecule has 3 heterocycles. The van der Waals surface area contributed by atoms with Crippen LogP contribution in [0.4, 0.5) is 0 Å². The zero-order chi connectivity index (χ0) is 22.4. The van der Waals surface area contributed by atoms with Gasteiger partial charge < -0.3 is 4.90 Å². The Morgan fingerprint density at radius 3 is 2.37 bits per heavy atom. The lowest BCUT2D eigenvalue weighted by molar-refractivity contribution is 0.317. The number of aromatic nitrogens is 2. The minimum absolute atomic E-state index is 0.807. The van der Waals surface area contributed by atoms with Gasteiger partial charge in [-0.2, -0.15) is 0 Å². The van der Waals surface area contributed by atoms with Crippen molar-refractivity contribution in [3.8, 4) is 11.3 Å². The summed E-state index contributed by atoms with van der Waals surface area (Å²) in [5.41, 5.74) is 3.57. The third kappa shape index (κ3) is 9.04. The Hall–Kier alpha value is -2.27. The molecule has 0 atom stereocenters. The van der Waals surface area contributed by atoms with Gasteiger partial charge in [-0.05, 0) is 38.1 Å². The number of halogens is 1. The fourth-order valence-electron chi connectivity index (χ4n) is 2.64. The molecule has 1 aliphatic heterocycles. The molecular weight excluding hydrogens is 410 g/mol. The zero-order valence-electron chi connectivity index (χ0n) is 18.4. The maximum Gasteiger partial charge on any atom is 0.125 e. The first-order chi connectivity index (χ1) is 14.5. The van der Waals surface area contributed by atoms with Crippen molar-refractivity contribution in [2.45, 2.75) is 33.7 Å². The summed E-state index contributed by atoms with van der Waals surface area (Å²) in [6.45, 7) is 14.9. The van der Waals surface area contributed by atoms with E-state index < -0.39 is 0 Å². The quantitative estimate of drug-likeness (QED) is 0.393. The minimum atomic E-state index is 0.807. The van der Waals surface area contributed by atoms with Crippen molar-refractivity contribution in [2.75, 3.05) is 13.6 Å². The van der Waals surface area contributed by atoms with Crippen LogP contribution in [0.5, 0.6) is 0 Å². The Bertz CT molecular complexity index is 884. The summed E-state index contributed by atoms with van der Waals surface area (Å²) in [6, 6.07) is 14.1. The Labute approximate surface area is 190 Å². The molecule has 0 radical (unpaired) electrons. The summed E-state index contributed by atoms with van der Waals surface area (Å²) >= 11 is 7.62. The number of allylic oxidation sites excluding steroid dienone is 2. The molecule has 0 N–H and O–H groups in total. The van der Waals surface area contributed by atoms with Crippen LogP contribution in [0, 0.1) is 6.92 Å². The van der Waals surface area contributed by atoms with Gasteiger partial charge >= 0.3 is 0 Å². The van der Waals surface area contributed by atoms with Gasteiger partial charge in [0.1, 0.15) is 5.82 Å². The number of aryl methyl sites for hydroxylation is 1. The van der Waals surface area contributed by atoms with Gasteiger partial charge in [0.25, 0.3) is 0 Å². The predicted molar refractivity (Wildman–Crippen MR) is 133 cm³/mol. The molecule has 0 saturated heterocycles. The predicted octanol–water partition coefficient (Wildman–Crippen LogP) is 7.23. The Morgan fingerprint density at radius 1 is 1.10 bits per heavy atom. The second-order valence-corrected chi connectivity index (χ2v) is 8.08. The lowest BCUT2D eigenvalue weighted by Gasteiger charge is -2.21. The molecule has 0 amide bonds. The average molecular weight is 442 g/mol. The van der Waals surface area contributed by atoms with E-state index in [0.717, 1.165) is 34.4 Å². The van der Waals surface area contributed by atoms with Gasteiger partial charge in [-0.3, -0.25) is 0 Å². The zero-order valence-corrected chi connectivity index (χ0v) is 20.0. The molecule has 0 unspecified atom stereocenters. The first-order valence-corrected chi connectivity index (χ1v) is 11.3. The van der Waals surface area contributed by atoms with Crippen molar-refractivity contribution >= 4 is 22.9 Å². The SMILES string of the molecule is C=CC=C.CC.CN1CCc2cc(Cl)sc2C1.Cc1nccc(-c2ccccc2)n1. The molecule has 0 fully saturated rings. The fourth-order valence-corrected chi connectivity index (χ4v) is 4.06. The molecule has 0 bridgehead atoms. The number of nitrogens with zero attached hydrogens (tertiary/aromatic N) is 3. The second kappa shape index (κ2) is 14.7. The molecule has 30 heavy (non-hydrogen) atoms. The molecule has 1 aromatic carbocycles. The fraction of sp³-hybridized carbons (Fsp3) is 0.280. The van der Waals surface area contributed by atoms with Gasteiger partial charge in [0, 0.05) is 29.7 Å². The number of fused-ring (bicyclic) bond motifs is 1. The van der Waals surface area contributed by atoms with E-state index in [1.807, 2.05) is 57.2 Å². The lowest BCUT2D eigenvalue weighted by Crippen LogP contribution is -2.24. The van der Waals surface area contributed by atoms with Crippen LogP contribution in [-0.4, -0.2) is 28.5 Å². The highest BCUT2D eigenvalue weighted by Crippen LogP contribution is 2.30. The highest BCUT2D eigenvalue weighted by atomic mass is 35.5. The molecule has 3 nitrogen and oxygen atoms in total. The largest absolute Gasteiger partial charge is 0.301 e. The molecule has 0 saturated carbocycles. The van der Waals surface area contributed by atoms with Crippen LogP contribution in [0.2, 0.25) is 4.34 Å². The van der Waals surface area contributed by atoms with Crippen molar-refractivity contribution in [3.05, 3.63) is 94.6 Å². The molecule has 0 spiro atoms. The van der Waals surface area contributed by atoms with E-state index in [4.69, 9.17) is 11.6 Å². The Kier molecular flexibility index (Phi) is 12.6. The van der Waals surface area contributed by atoms with Crippen molar-refractivity contribution in [1.82, 2.24) is 14.9 Å². The van der Waals surface area contributed by atoms with Gasteiger partial charge in [0.15, 0.2) is 0 Å². The third-order valence-corrected chi connectivity index (χ3v) is 5.35. The highest BCUT2D eigenvalue weighted by Gasteiger charge is 2.15. The minimum Gasteiger partial charge on any atom is -0.301 e. The van der Waals surface area contributed by atoms with Crippen LogP contribution in [0.3, 0.4) is 0 Å². The normalized spacial score (nSPS) is 11.9. The van der Waals surface area contributed by atoms with Gasteiger partial charge in [0.2, 0.25) is 0 Å². The lowest BCUT2D eigenvalue weighted by atomic mass is 10.1. The molecule has 4 rings (SSSR count). The Balaban J connectivity index is 0.000000241. The molecule has 160 valence electrons. The monoisotopic (exact) mass is 441 g/mol. The Morgan fingerprint density at radius 2 is 1.77 bits per heavy atom. The standard InChI is InChI=1S/C11H10N2.C8H10ClNS.C4H6.C2H6/c1-9-12-8-7-11(13-9)10-5-3-2-4-6-10;1-10-3-2-6-4-8(9)11-7(6)5-10;1-3-4-2;1-2/h2-8H,1H3;4H,2-3,5H2,1H3;3-4H,1-2H2;1-2H3. The van der Waals surface area contributed by atoms with Crippen molar-refractivity contribution in [1.29, 1.82) is 0 Å². The van der Waals surface area contributed by atoms with Crippen LogP contribution in [0.1, 0.15) is 30.1 Å². The highest BCUT2D eigenvalue weighted by molar-refractivity contribution is 7.16. The smallest absolute Gasteiger partial charge is 0.125 e. The number of benzene rings is 1. The summed E-state index contributed by atoms with van der Waals surface area (Å²) in [7, 11) is 2.15. The first-order valence-electron chi connectivity index (χ1n) is 10.1. The number of hydrogen-bond acceptors (Lipinski definition) is 4. The number of hydrogen-bond donors (Lipinski definition) is 0. The van der Waals surface area contributed by atoms with E-state index in [-0.39, 0.29) is 0 Å². The van der Waals surface area contributed by atoms with E-state index >= 15 is 0 Å². The summed E-state index contributed by atoms with van der Waals surface area (Å²) in [5.74, 6) is 0.807. The third-order valence-electron chi connectivity index (χ3n) is 4.06. The van der Waals surface area contributed by atoms with Crippen molar-refractivity contribution < 1.29 is 0 Å². The van der Waals surface area contributed by atoms with Crippen LogP contribution < -0.4 is 0 Å². The van der Waals surface area contributed by atoms with Crippen LogP contribution >= 0.6 is 22.9 Å². The van der Waals surface area contributed by atoms with Gasteiger partial charge in [0.05, 0.1) is 10.0 Å². The van der Waals surface area contributed by atoms with E-state index in [1.165, 1.54) is 17.0 Å².